The molecule has 3 rings (SSSR count). The Morgan fingerprint density at radius 2 is 2.15 bits per heavy atom. The van der Waals surface area contributed by atoms with Crippen molar-refractivity contribution >= 4 is 11.7 Å². The van der Waals surface area contributed by atoms with Crippen LogP contribution in [0.3, 0.4) is 0 Å². The molecule has 0 spiro atoms. The average molecular weight is 275 g/mol. The van der Waals surface area contributed by atoms with Crippen LogP contribution < -0.4 is 10.6 Å². The van der Waals surface area contributed by atoms with Gasteiger partial charge in [-0.1, -0.05) is 6.42 Å². The topological polar surface area (TPSA) is 70.2 Å². The molecule has 108 valence electrons. The normalized spacial score (nSPS) is 26.1. The molecule has 2 aliphatic heterocycles. The van der Waals surface area contributed by atoms with E-state index in [9.17, 15) is 4.79 Å². The van der Waals surface area contributed by atoms with Crippen LogP contribution in [-0.4, -0.2) is 53.2 Å². The molecule has 2 N–H and O–H groups in total. The number of carbonyl (C=O) groups is 1. The number of nitrogens with one attached hydrogen (secondary N) is 2. The summed E-state index contributed by atoms with van der Waals surface area (Å²) in [7, 11) is 1.59. The highest BCUT2D eigenvalue weighted by Crippen LogP contribution is 2.28. The first-order valence-electron chi connectivity index (χ1n) is 7.34. The fraction of sp³-hybridized carbons (Fsp3) is 0.643. The Balaban J connectivity index is 1.64. The fourth-order valence-electron chi connectivity index (χ4n) is 3.26. The van der Waals surface area contributed by atoms with Gasteiger partial charge in [-0.05, 0) is 37.9 Å². The van der Waals surface area contributed by atoms with Gasteiger partial charge in [0.25, 0.3) is 5.91 Å². The van der Waals surface area contributed by atoms with Crippen molar-refractivity contribution in [3.63, 3.8) is 0 Å². The molecule has 20 heavy (non-hydrogen) atoms. The number of hydrogen-bond acceptors (Lipinski definition) is 5. The van der Waals surface area contributed by atoms with E-state index in [1.165, 1.54) is 32.4 Å². The van der Waals surface area contributed by atoms with Crippen molar-refractivity contribution in [2.45, 2.75) is 37.8 Å². The molecule has 1 amide bonds. The quantitative estimate of drug-likeness (QED) is 0.857. The van der Waals surface area contributed by atoms with E-state index in [0.29, 0.717) is 17.8 Å². The summed E-state index contributed by atoms with van der Waals surface area (Å²) < 4.78 is 0. The highest BCUT2D eigenvalue weighted by molar-refractivity contribution is 5.91. The lowest BCUT2D eigenvalue weighted by molar-refractivity contribution is 0.0957. The third kappa shape index (κ3) is 2.60. The zero-order chi connectivity index (χ0) is 13.9. The number of hydrogen-bond donors (Lipinski definition) is 2. The van der Waals surface area contributed by atoms with Crippen molar-refractivity contribution in [3.8, 4) is 0 Å². The summed E-state index contributed by atoms with van der Waals surface area (Å²) >= 11 is 0. The third-order valence-electron chi connectivity index (χ3n) is 4.31. The summed E-state index contributed by atoms with van der Waals surface area (Å²) in [6.45, 7) is 2.40. The number of fused-ring (bicyclic) bond motifs is 1. The Kier molecular flexibility index (Phi) is 3.82. The molecular formula is C14H21N5O. The maximum atomic E-state index is 11.4. The standard InChI is InChI=1S/C14H21N5O/c1-15-14(20)11-5-6-13(18-17-11)16-10-7-9-19-8-3-2-4-12(10)19/h5-6,10,12H,2-4,7-9H2,1H3,(H,15,20)(H,16,18). The molecule has 2 unspecified atom stereocenters. The first-order chi connectivity index (χ1) is 9.78. The monoisotopic (exact) mass is 275 g/mol. The molecule has 2 aliphatic rings. The number of piperidine rings is 1. The molecule has 0 aromatic carbocycles. The van der Waals surface area contributed by atoms with E-state index in [4.69, 9.17) is 0 Å². The Hall–Kier alpha value is -1.69. The van der Waals surface area contributed by atoms with Crippen LogP contribution in [0, 0.1) is 0 Å². The van der Waals surface area contributed by atoms with Crippen molar-refractivity contribution in [2.75, 3.05) is 25.5 Å². The number of carbonyl (C=O) groups excluding carboxylic acids is 1. The molecular weight excluding hydrogens is 254 g/mol. The largest absolute Gasteiger partial charge is 0.364 e. The van der Waals surface area contributed by atoms with Crippen molar-refractivity contribution in [1.29, 1.82) is 0 Å². The van der Waals surface area contributed by atoms with Gasteiger partial charge in [0.15, 0.2) is 5.69 Å². The average Bonchev–Trinajstić information content (AvgIpc) is 2.91. The molecule has 2 atom stereocenters. The highest BCUT2D eigenvalue weighted by Gasteiger charge is 2.35. The van der Waals surface area contributed by atoms with Gasteiger partial charge >= 0.3 is 0 Å². The van der Waals surface area contributed by atoms with E-state index in [1.807, 2.05) is 6.07 Å². The molecule has 2 saturated heterocycles. The first-order valence-corrected chi connectivity index (χ1v) is 7.34. The second kappa shape index (κ2) is 5.75. The van der Waals surface area contributed by atoms with Crippen LogP contribution in [0.2, 0.25) is 0 Å². The zero-order valence-corrected chi connectivity index (χ0v) is 11.8. The van der Waals surface area contributed by atoms with Crippen molar-refractivity contribution in [3.05, 3.63) is 17.8 Å². The summed E-state index contributed by atoms with van der Waals surface area (Å²) in [5, 5.41) is 14.1. The third-order valence-corrected chi connectivity index (χ3v) is 4.31. The van der Waals surface area contributed by atoms with E-state index in [0.717, 1.165) is 12.2 Å². The van der Waals surface area contributed by atoms with E-state index >= 15 is 0 Å². The Morgan fingerprint density at radius 1 is 1.25 bits per heavy atom. The molecule has 0 saturated carbocycles. The lowest BCUT2D eigenvalue weighted by atomic mass is 9.99. The first kappa shape index (κ1) is 13.3. The molecule has 1 aromatic heterocycles. The minimum absolute atomic E-state index is 0.205. The second-order valence-corrected chi connectivity index (χ2v) is 5.52. The van der Waals surface area contributed by atoms with Gasteiger partial charge in [0, 0.05) is 25.7 Å². The molecule has 0 radical (unpaired) electrons. The van der Waals surface area contributed by atoms with Gasteiger partial charge in [-0.3, -0.25) is 9.69 Å². The van der Waals surface area contributed by atoms with Gasteiger partial charge < -0.3 is 10.6 Å². The number of amides is 1. The predicted octanol–water partition coefficient (Wildman–Crippen LogP) is 0.875. The Morgan fingerprint density at radius 3 is 2.90 bits per heavy atom. The van der Waals surface area contributed by atoms with Crippen LogP contribution in [0.4, 0.5) is 5.82 Å². The van der Waals surface area contributed by atoms with Gasteiger partial charge in [0.05, 0.1) is 0 Å². The van der Waals surface area contributed by atoms with Crippen LogP contribution in [0.15, 0.2) is 12.1 Å². The van der Waals surface area contributed by atoms with Crippen LogP contribution in [0.1, 0.15) is 36.2 Å². The minimum atomic E-state index is -0.205. The number of aromatic nitrogens is 2. The molecule has 0 bridgehead atoms. The predicted molar refractivity (Wildman–Crippen MR) is 76.7 cm³/mol. The van der Waals surface area contributed by atoms with Crippen LogP contribution in [0.25, 0.3) is 0 Å². The molecule has 0 aliphatic carbocycles. The minimum Gasteiger partial charge on any atom is -0.364 e. The van der Waals surface area contributed by atoms with E-state index in [1.54, 1.807) is 13.1 Å². The Labute approximate surface area is 118 Å². The maximum Gasteiger partial charge on any atom is 0.271 e. The van der Waals surface area contributed by atoms with E-state index in [-0.39, 0.29) is 5.91 Å². The summed E-state index contributed by atoms with van der Waals surface area (Å²) in [5.74, 6) is 0.554. The Bertz CT molecular complexity index is 475. The molecule has 6 heteroatoms. The van der Waals surface area contributed by atoms with Crippen LogP contribution in [0.5, 0.6) is 0 Å². The van der Waals surface area contributed by atoms with Crippen molar-refractivity contribution in [2.24, 2.45) is 0 Å². The fourth-order valence-corrected chi connectivity index (χ4v) is 3.26. The van der Waals surface area contributed by atoms with Crippen molar-refractivity contribution in [1.82, 2.24) is 20.4 Å². The molecule has 1 aromatic rings. The van der Waals surface area contributed by atoms with Gasteiger partial charge in [-0.15, -0.1) is 10.2 Å². The molecule has 6 nitrogen and oxygen atoms in total. The summed E-state index contributed by atoms with van der Waals surface area (Å²) in [4.78, 5) is 14.0. The lowest BCUT2D eigenvalue weighted by Gasteiger charge is -2.32. The van der Waals surface area contributed by atoms with Crippen LogP contribution >= 0.6 is 0 Å². The van der Waals surface area contributed by atoms with Crippen molar-refractivity contribution < 1.29 is 4.79 Å². The SMILES string of the molecule is CNC(=O)c1ccc(NC2CCN3CCCCC23)nn1. The van der Waals surface area contributed by atoms with E-state index in [2.05, 4.69) is 25.7 Å². The zero-order valence-electron chi connectivity index (χ0n) is 11.8. The molecule has 2 fully saturated rings. The van der Waals surface area contributed by atoms with Gasteiger partial charge in [0.2, 0.25) is 0 Å². The summed E-state index contributed by atoms with van der Waals surface area (Å²) in [6, 6.07) is 4.63. The lowest BCUT2D eigenvalue weighted by Crippen LogP contribution is -2.41. The number of nitrogens with zero attached hydrogens (tertiary/aromatic N) is 3. The van der Waals surface area contributed by atoms with Gasteiger partial charge in [-0.25, -0.2) is 0 Å². The van der Waals surface area contributed by atoms with E-state index < -0.39 is 0 Å². The number of rotatable bonds is 3. The highest BCUT2D eigenvalue weighted by atomic mass is 16.1. The van der Waals surface area contributed by atoms with Crippen LogP contribution in [-0.2, 0) is 0 Å². The smallest absolute Gasteiger partial charge is 0.271 e. The van der Waals surface area contributed by atoms with Gasteiger partial charge in [-0.2, -0.15) is 0 Å². The summed E-state index contributed by atoms with van der Waals surface area (Å²) in [6.07, 6.45) is 5.06. The molecule has 3 heterocycles. The second-order valence-electron chi connectivity index (χ2n) is 5.52. The van der Waals surface area contributed by atoms with Gasteiger partial charge in [0.1, 0.15) is 5.82 Å². The number of anilines is 1. The summed E-state index contributed by atoms with van der Waals surface area (Å²) in [5.41, 5.74) is 0.351. The maximum absolute atomic E-state index is 11.4.